The zero-order chi connectivity index (χ0) is 11.4. The zero-order valence-electron chi connectivity index (χ0n) is 9.41. The second-order valence-electron chi connectivity index (χ2n) is 6.21. The SMILES string of the molecule is O=C(O)CNC12CC3C[C@H](CC(O)(C3)C1)C2. The van der Waals surface area contributed by atoms with Crippen molar-refractivity contribution in [3.63, 3.8) is 0 Å². The average Bonchev–Trinajstić information content (AvgIpc) is 2.10. The first-order valence-electron chi connectivity index (χ1n) is 6.18. The van der Waals surface area contributed by atoms with Crippen molar-refractivity contribution < 1.29 is 15.0 Å². The molecule has 0 aromatic heterocycles. The minimum absolute atomic E-state index is 0.0233. The minimum atomic E-state index is -0.803. The van der Waals surface area contributed by atoms with Gasteiger partial charge in [0.05, 0.1) is 12.1 Å². The second-order valence-corrected chi connectivity index (χ2v) is 6.21. The van der Waals surface area contributed by atoms with Crippen molar-refractivity contribution in [1.82, 2.24) is 5.32 Å². The molecule has 0 saturated heterocycles. The van der Waals surface area contributed by atoms with Gasteiger partial charge in [-0.2, -0.15) is 0 Å². The third-order valence-corrected chi connectivity index (χ3v) is 4.64. The molecule has 4 rings (SSSR count). The third-order valence-electron chi connectivity index (χ3n) is 4.64. The molecule has 0 radical (unpaired) electrons. The Hall–Kier alpha value is -0.610. The quantitative estimate of drug-likeness (QED) is 0.662. The number of carbonyl (C=O) groups is 1. The smallest absolute Gasteiger partial charge is 0.317 e. The summed E-state index contributed by atoms with van der Waals surface area (Å²) in [4.78, 5) is 10.6. The van der Waals surface area contributed by atoms with E-state index in [0.717, 1.165) is 32.1 Å². The first-order chi connectivity index (χ1) is 7.49. The van der Waals surface area contributed by atoms with E-state index >= 15 is 0 Å². The molecule has 4 bridgehead atoms. The van der Waals surface area contributed by atoms with Gasteiger partial charge in [-0.25, -0.2) is 0 Å². The predicted octanol–water partition coefficient (Wildman–Crippen LogP) is 0.744. The van der Waals surface area contributed by atoms with Crippen LogP contribution in [0.1, 0.15) is 38.5 Å². The highest BCUT2D eigenvalue weighted by Crippen LogP contribution is 2.57. The van der Waals surface area contributed by atoms with E-state index in [1.54, 1.807) is 0 Å². The largest absolute Gasteiger partial charge is 0.480 e. The third kappa shape index (κ3) is 1.64. The summed E-state index contributed by atoms with van der Waals surface area (Å²) in [5.74, 6) is 0.405. The van der Waals surface area contributed by atoms with Gasteiger partial charge in [0.2, 0.25) is 0 Å². The van der Waals surface area contributed by atoms with Gasteiger partial charge in [0.15, 0.2) is 0 Å². The number of nitrogens with one attached hydrogen (secondary N) is 1. The van der Waals surface area contributed by atoms with E-state index in [9.17, 15) is 9.90 Å². The molecule has 3 N–H and O–H groups in total. The summed E-state index contributed by atoms with van der Waals surface area (Å²) >= 11 is 0. The number of hydrogen-bond donors (Lipinski definition) is 3. The van der Waals surface area contributed by atoms with E-state index in [0.29, 0.717) is 11.8 Å². The van der Waals surface area contributed by atoms with Crippen LogP contribution in [0.4, 0.5) is 0 Å². The molecule has 90 valence electrons. The van der Waals surface area contributed by atoms with Gasteiger partial charge >= 0.3 is 5.97 Å². The Morgan fingerprint density at radius 3 is 2.38 bits per heavy atom. The van der Waals surface area contributed by atoms with Crippen LogP contribution in [-0.4, -0.2) is 33.9 Å². The van der Waals surface area contributed by atoms with Crippen LogP contribution in [0.5, 0.6) is 0 Å². The number of hydrogen-bond acceptors (Lipinski definition) is 3. The van der Waals surface area contributed by atoms with Crippen molar-refractivity contribution in [1.29, 1.82) is 0 Å². The maximum Gasteiger partial charge on any atom is 0.317 e. The Balaban J connectivity index is 1.78. The molecule has 4 saturated carbocycles. The van der Waals surface area contributed by atoms with Crippen LogP contribution >= 0.6 is 0 Å². The van der Waals surface area contributed by atoms with Crippen LogP contribution in [0, 0.1) is 11.8 Å². The highest BCUT2D eigenvalue weighted by atomic mass is 16.4. The van der Waals surface area contributed by atoms with E-state index < -0.39 is 11.6 Å². The molecular formula is C12H19NO3. The molecule has 4 aliphatic carbocycles. The fourth-order valence-corrected chi connectivity index (χ4v) is 4.68. The van der Waals surface area contributed by atoms with Gasteiger partial charge in [0, 0.05) is 5.54 Å². The minimum Gasteiger partial charge on any atom is -0.480 e. The number of rotatable bonds is 3. The summed E-state index contributed by atoms with van der Waals surface area (Å²) in [6.45, 7) is 0.0233. The summed E-state index contributed by atoms with van der Waals surface area (Å²) in [7, 11) is 0. The molecule has 3 unspecified atom stereocenters. The maximum absolute atomic E-state index is 10.6. The molecule has 0 spiro atoms. The fourth-order valence-electron chi connectivity index (χ4n) is 4.68. The lowest BCUT2D eigenvalue weighted by Crippen LogP contribution is -2.65. The van der Waals surface area contributed by atoms with Gasteiger partial charge in [0.1, 0.15) is 0 Å². The van der Waals surface area contributed by atoms with Crippen molar-refractivity contribution in [3.05, 3.63) is 0 Å². The molecule has 0 amide bonds. The average molecular weight is 225 g/mol. The van der Waals surface area contributed by atoms with Crippen LogP contribution in [0.25, 0.3) is 0 Å². The lowest BCUT2D eigenvalue weighted by Gasteiger charge is -2.60. The fraction of sp³-hybridized carbons (Fsp3) is 0.917. The van der Waals surface area contributed by atoms with Crippen LogP contribution in [0.3, 0.4) is 0 Å². The highest BCUT2D eigenvalue weighted by molar-refractivity contribution is 5.69. The van der Waals surface area contributed by atoms with E-state index in [-0.39, 0.29) is 12.1 Å². The zero-order valence-corrected chi connectivity index (χ0v) is 9.41. The molecule has 4 heteroatoms. The Morgan fingerprint density at radius 1 is 1.25 bits per heavy atom. The molecule has 4 aliphatic rings. The van der Waals surface area contributed by atoms with Crippen LogP contribution in [-0.2, 0) is 4.79 Å². The van der Waals surface area contributed by atoms with Crippen molar-refractivity contribution in [2.75, 3.05) is 6.54 Å². The Kier molecular flexibility index (Phi) is 2.11. The Bertz CT molecular complexity index is 314. The van der Waals surface area contributed by atoms with E-state index in [2.05, 4.69) is 5.32 Å². The molecule has 4 atom stereocenters. The molecule has 0 aliphatic heterocycles. The van der Waals surface area contributed by atoms with Crippen molar-refractivity contribution in [2.24, 2.45) is 11.8 Å². The first kappa shape index (κ1) is 10.5. The second kappa shape index (κ2) is 3.20. The van der Waals surface area contributed by atoms with Gasteiger partial charge in [-0.3, -0.25) is 4.79 Å². The summed E-state index contributed by atoms with van der Waals surface area (Å²) in [5.41, 5.74) is -0.590. The number of carboxylic acids is 1. The molecule has 16 heavy (non-hydrogen) atoms. The highest BCUT2D eigenvalue weighted by Gasteiger charge is 2.56. The van der Waals surface area contributed by atoms with Gasteiger partial charge in [0.25, 0.3) is 0 Å². The van der Waals surface area contributed by atoms with Crippen LogP contribution in [0.15, 0.2) is 0 Å². The van der Waals surface area contributed by atoms with Crippen molar-refractivity contribution >= 4 is 5.97 Å². The van der Waals surface area contributed by atoms with Crippen LogP contribution in [0.2, 0.25) is 0 Å². The van der Waals surface area contributed by atoms with Crippen molar-refractivity contribution in [2.45, 2.75) is 49.7 Å². The summed E-state index contributed by atoms with van der Waals surface area (Å²) in [6.07, 6.45) is 5.96. The Labute approximate surface area is 95.0 Å². The summed E-state index contributed by atoms with van der Waals surface area (Å²) < 4.78 is 0. The first-order valence-corrected chi connectivity index (χ1v) is 6.18. The molecule has 0 aromatic carbocycles. The molecule has 4 fully saturated rings. The number of carboxylic acid groups (broad SMARTS) is 1. The van der Waals surface area contributed by atoms with E-state index in [1.165, 1.54) is 6.42 Å². The molecular weight excluding hydrogens is 206 g/mol. The van der Waals surface area contributed by atoms with Gasteiger partial charge in [-0.05, 0) is 50.4 Å². The maximum atomic E-state index is 10.6. The van der Waals surface area contributed by atoms with Gasteiger partial charge in [-0.15, -0.1) is 0 Å². The predicted molar refractivity (Wildman–Crippen MR) is 58.0 cm³/mol. The Morgan fingerprint density at radius 2 is 1.88 bits per heavy atom. The van der Waals surface area contributed by atoms with E-state index in [4.69, 9.17) is 5.11 Å². The molecule has 0 heterocycles. The summed E-state index contributed by atoms with van der Waals surface area (Å²) in [6, 6.07) is 0. The normalized spacial score (nSPS) is 49.6. The standard InChI is InChI=1S/C12H19NO3/c14-10(15)6-13-11-2-8-1-9(3-11)5-12(16,4-8)7-11/h8-9,13,16H,1-7H2,(H,14,15)/t8-,9?,11?,12?/m0/s1. The number of aliphatic carboxylic acids is 1. The lowest BCUT2D eigenvalue weighted by molar-refractivity contribution is -0.149. The topological polar surface area (TPSA) is 69.6 Å². The van der Waals surface area contributed by atoms with Crippen molar-refractivity contribution in [3.8, 4) is 0 Å². The van der Waals surface area contributed by atoms with Crippen LogP contribution < -0.4 is 5.32 Å². The van der Waals surface area contributed by atoms with Gasteiger partial charge in [-0.1, -0.05) is 0 Å². The monoisotopic (exact) mass is 225 g/mol. The summed E-state index contributed by atoms with van der Waals surface area (Å²) in [5, 5.41) is 22.4. The van der Waals surface area contributed by atoms with Gasteiger partial charge < -0.3 is 15.5 Å². The molecule has 0 aromatic rings. The number of aliphatic hydroxyl groups is 1. The van der Waals surface area contributed by atoms with E-state index in [1.807, 2.05) is 0 Å². The molecule has 4 nitrogen and oxygen atoms in total. The lowest BCUT2D eigenvalue weighted by atomic mass is 9.51.